The van der Waals surface area contributed by atoms with Gasteiger partial charge in [0.25, 0.3) is 0 Å². The first-order chi connectivity index (χ1) is 7.87. The molecule has 0 bridgehead atoms. The molecule has 0 amide bonds. The van der Waals surface area contributed by atoms with Gasteiger partial charge < -0.3 is 15.5 Å². The summed E-state index contributed by atoms with van der Waals surface area (Å²) in [6.07, 6.45) is 1.78. The molecule has 3 N–H and O–H groups in total. The molecule has 90 valence electrons. The van der Waals surface area contributed by atoms with Gasteiger partial charge in [0.2, 0.25) is 0 Å². The molecule has 2 aromatic rings. The second kappa shape index (κ2) is 3.80. The van der Waals surface area contributed by atoms with Crippen LogP contribution in [0.3, 0.4) is 0 Å². The Kier molecular flexibility index (Phi) is 2.58. The van der Waals surface area contributed by atoms with E-state index >= 15 is 0 Å². The Morgan fingerprint density at radius 2 is 2.06 bits per heavy atom. The van der Waals surface area contributed by atoms with Gasteiger partial charge in [-0.2, -0.15) is 0 Å². The molecule has 0 atom stereocenters. The van der Waals surface area contributed by atoms with E-state index in [2.05, 4.69) is 4.98 Å². The Morgan fingerprint density at radius 3 is 2.71 bits per heavy atom. The molecule has 17 heavy (non-hydrogen) atoms. The highest BCUT2D eigenvalue weighted by molar-refractivity contribution is 6.05. The highest BCUT2D eigenvalue weighted by Crippen LogP contribution is 2.23. The fraction of sp³-hybridized carbons (Fsp3) is 0.308. The van der Waals surface area contributed by atoms with E-state index in [1.165, 1.54) is 0 Å². The van der Waals surface area contributed by atoms with Crippen molar-refractivity contribution in [3.8, 4) is 0 Å². The number of H-pyrrole nitrogens is 1. The van der Waals surface area contributed by atoms with Crippen molar-refractivity contribution in [3.05, 3.63) is 30.0 Å². The van der Waals surface area contributed by atoms with Crippen LogP contribution in [0.15, 0.2) is 24.4 Å². The molecule has 0 aliphatic heterocycles. The number of carbonyl (C=O) groups excluding carboxylic acids is 1. The van der Waals surface area contributed by atoms with Crippen LogP contribution in [-0.4, -0.2) is 16.6 Å². The van der Waals surface area contributed by atoms with Crippen LogP contribution in [0.1, 0.15) is 31.1 Å². The highest BCUT2D eigenvalue weighted by atomic mass is 16.6. The summed E-state index contributed by atoms with van der Waals surface area (Å²) >= 11 is 0. The van der Waals surface area contributed by atoms with Gasteiger partial charge in [-0.15, -0.1) is 0 Å². The number of anilines is 1. The van der Waals surface area contributed by atoms with Crippen LogP contribution in [0.4, 0.5) is 5.69 Å². The Bertz CT molecular complexity index is 564. The molecule has 0 radical (unpaired) electrons. The number of rotatable bonds is 1. The predicted octanol–water partition coefficient (Wildman–Crippen LogP) is 2.71. The monoisotopic (exact) mass is 232 g/mol. The van der Waals surface area contributed by atoms with Gasteiger partial charge in [-0.25, -0.2) is 4.79 Å². The largest absolute Gasteiger partial charge is 0.456 e. The molecule has 4 heteroatoms. The second-order valence-electron chi connectivity index (χ2n) is 5.01. The van der Waals surface area contributed by atoms with Gasteiger partial charge in [0.05, 0.1) is 5.56 Å². The minimum atomic E-state index is -0.510. The Hall–Kier alpha value is -1.97. The molecule has 0 aliphatic rings. The summed E-state index contributed by atoms with van der Waals surface area (Å²) in [5.41, 5.74) is 7.13. The van der Waals surface area contributed by atoms with Crippen LogP contribution in [0.5, 0.6) is 0 Å². The van der Waals surface area contributed by atoms with E-state index in [-0.39, 0.29) is 5.97 Å². The van der Waals surface area contributed by atoms with Crippen molar-refractivity contribution in [1.82, 2.24) is 4.98 Å². The van der Waals surface area contributed by atoms with Crippen molar-refractivity contribution in [3.63, 3.8) is 0 Å². The number of aromatic amines is 1. The molecular formula is C13H16N2O2. The van der Waals surface area contributed by atoms with E-state index in [0.29, 0.717) is 11.3 Å². The standard InChI is InChI=1S/C13H16N2O2/c1-13(2,3)17-12(16)10-6-8(14)7-11-9(10)4-5-15-11/h4-7,15H,14H2,1-3H3. The van der Waals surface area contributed by atoms with Gasteiger partial charge in [0.15, 0.2) is 0 Å². The number of nitrogen functional groups attached to an aromatic ring is 1. The van der Waals surface area contributed by atoms with Crippen molar-refractivity contribution < 1.29 is 9.53 Å². The maximum atomic E-state index is 12.0. The quantitative estimate of drug-likeness (QED) is 0.586. The smallest absolute Gasteiger partial charge is 0.339 e. The third kappa shape index (κ3) is 2.41. The fourth-order valence-corrected chi connectivity index (χ4v) is 1.69. The van der Waals surface area contributed by atoms with E-state index in [4.69, 9.17) is 10.5 Å². The lowest BCUT2D eigenvalue weighted by molar-refractivity contribution is 0.00719. The summed E-state index contributed by atoms with van der Waals surface area (Å²) in [6, 6.07) is 5.28. The average molecular weight is 232 g/mol. The average Bonchev–Trinajstić information content (AvgIpc) is 2.60. The van der Waals surface area contributed by atoms with E-state index in [9.17, 15) is 4.79 Å². The topological polar surface area (TPSA) is 68.1 Å². The van der Waals surface area contributed by atoms with E-state index in [1.54, 1.807) is 18.3 Å². The van der Waals surface area contributed by atoms with E-state index in [0.717, 1.165) is 10.9 Å². The van der Waals surface area contributed by atoms with Gasteiger partial charge in [-0.05, 0) is 39.0 Å². The molecule has 1 aromatic heterocycles. The summed E-state index contributed by atoms with van der Waals surface area (Å²) in [6.45, 7) is 5.52. The van der Waals surface area contributed by atoms with Crippen LogP contribution in [-0.2, 0) is 4.74 Å². The molecular weight excluding hydrogens is 216 g/mol. The Labute approximate surface area is 99.8 Å². The number of nitrogens with two attached hydrogens (primary N) is 1. The molecule has 0 unspecified atom stereocenters. The summed E-state index contributed by atoms with van der Waals surface area (Å²) in [4.78, 5) is 15.1. The summed E-state index contributed by atoms with van der Waals surface area (Å²) < 4.78 is 5.35. The maximum absolute atomic E-state index is 12.0. The number of fused-ring (bicyclic) bond motifs is 1. The molecule has 0 aliphatic carbocycles. The summed E-state index contributed by atoms with van der Waals surface area (Å²) in [7, 11) is 0. The molecule has 0 saturated heterocycles. The lowest BCUT2D eigenvalue weighted by atomic mass is 10.1. The van der Waals surface area contributed by atoms with Crippen molar-refractivity contribution in [2.75, 3.05) is 5.73 Å². The zero-order valence-electron chi connectivity index (χ0n) is 10.2. The van der Waals surface area contributed by atoms with Crippen molar-refractivity contribution in [2.45, 2.75) is 26.4 Å². The SMILES string of the molecule is CC(C)(C)OC(=O)c1cc(N)cc2[nH]ccc12. The summed E-state index contributed by atoms with van der Waals surface area (Å²) in [5, 5.41) is 0.827. The highest BCUT2D eigenvalue weighted by Gasteiger charge is 2.20. The van der Waals surface area contributed by atoms with Crippen LogP contribution in [0.2, 0.25) is 0 Å². The first kappa shape index (κ1) is 11.5. The minimum Gasteiger partial charge on any atom is -0.456 e. The van der Waals surface area contributed by atoms with Crippen LogP contribution < -0.4 is 5.73 Å². The minimum absolute atomic E-state index is 0.352. The number of hydrogen-bond donors (Lipinski definition) is 2. The second-order valence-corrected chi connectivity index (χ2v) is 5.01. The number of benzene rings is 1. The lowest BCUT2D eigenvalue weighted by Gasteiger charge is -2.19. The van der Waals surface area contributed by atoms with Crippen molar-refractivity contribution in [2.24, 2.45) is 0 Å². The Balaban J connectivity index is 2.47. The first-order valence-electron chi connectivity index (χ1n) is 5.47. The summed E-state index contributed by atoms with van der Waals surface area (Å²) in [5.74, 6) is -0.352. The zero-order chi connectivity index (χ0) is 12.6. The molecule has 4 nitrogen and oxygen atoms in total. The van der Waals surface area contributed by atoms with E-state index < -0.39 is 5.60 Å². The van der Waals surface area contributed by atoms with Crippen LogP contribution in [0.25, 0.3) is 10.9 Å². The van der Waals surface area contributed by atoms with Crippen molar-refractivity contribution in [1.29, 1.82) is 0 Å². The number of esters is 1. The number of aromatic nitrogens is 1. The fourth-order valence-electron chi connectivity index (χ4n) is 1.69. The van der Waals surface area contributed by atoms with Gasteiger partial charge in [-0.1, -0.05) is 0 Å². The van der Waals surface area contributed by atoms with Gasteiger partial charge in [-0.3, -0.25) is 0 Å². The predicted molar refractivity (Wildman–Crippen MR) is 67.9 cm³/mol. The Morgan fingerprint density at radius 1 is 1.35 bits per heavy atom. The molecule has 2 rings (SSSR count). The zero-order valence-corrected chi connectivity index (χ0v) is 10.2. The first-order valence-corrected chi connectivity index (χ1v) is 5.47. The third-order valence-corrected chi connectivity index (χ3v) is 2.31. The normalized spacial score (nSPS) is 11.7. The van der Waals surface area contributed by atoms with Gasteiger partial charge in [0.1, 0.15) is 5.60 Å². The van der Waals surface area contributed by atoms with Gasteiger partial charge >= 0.3 is 5.97 Å². The van der Waals surface area contributed by atoms with E-state index in [1.807, 2.05) is 26.8 Å². The molecule has 1 aromatic carbocycles. The maximum Gasteiger partial charge on any atom is 0.339 e. The number of hydrogen-bond acceptors (Lipinski definition) is 3. The lowest BCUT2D eigenvalue weighted by Crippen LogP contribution is -2.24. The number of carbonyl (C=O) groups is 1. The molecule has 0 fully saturated rings. The van der Waals surface area contributed by atoms with Crippen LogP contribution >= 0.6 is 0 Å². The number of ether oxygens (including phenoxy) is 1. The van der Waals surface area contributed by atoms with Crippen LogP contribution in [0, 0.1) is 0 Å². The molecule has 1 heterocycles. The molecule has 0 spiro atoms. The van der Waals surface area contributed by atoms with Gasteiger partial charge in [0, 0.05) is 22.8 Å². The number of nitrogens with one attached hydrogen (secondary N) is 1. The molecule has 0 saturated carbocycles. The van der Waals surface area contributed by atoms with Crippen molar-refractivity contribution >= 4 is 22.6 Å². The third-order valence-electron chi connectivity index (χ3n) is 2.31.